The van der Waals surface area contributed by atoms with Crippen LogP contribution < -0.4 is 21.6 Å². The van der Waals surface area contributed by atoms with E-state index in [0.717, 1.165) is 79.7 Å². The Bertz CT molecular complexity index is 2280. The van der Waals surface area contributed by atoms with Crippen LogP contribution in [0.15, 0.2) is 147 Å². The maximum absolute atomic E-state index is 13.2. The molecular weight excluding hydrogens is 1320 g/mol. The standard InChI is InChI=1S/C18H25N4O3PS4.C16H20ClN2OPS4.C7H10N2S2.C3H7NO2.Cl3OP/c23-18(24)8-11-21-26(25,13-5-14-27-29-16-6-1-3-9-19-16)22-12-15-28-30-17-7-2-4-10-20-17;17-21(20,11-5-13-22-24-15-7-1-3-9-18-15)12-6-14-23-25-16-8-2-4-10-19-16;8-4-6-10-11-7-3-1-2-5-9-7;4-2-1-3(5)6;1-5(2,3)4/h1-4,6-7,9-10H,5,8,11-15H2,(H,23,24)(H2,21,22,25);1-4,7-10H,5-6,11-14H2;1-3,5H,4,6,8H2;1-2,4H2,(H,5,6);. The molecule has 16 nitrogen and oxygen atoms in total. The summed E-state index contributed by atoms with van der Waals surface area (Å²) in [4.78, 5) is 41.5. The lowest BCUT2D eigenvalue weighted by molar-refractivity contribution is -0.137. The first-order chi connectivity index (χ1) is 36.9. The summed E-state index contributed by atoms with van der Waals surface area (Å²) in [6, 6.07) is 29.2. The predicted octanol–water partition coefficient (Wildman–Crippen LogP) is 15.9. The minimum Gasteiger partial charge on any atom is -0.481 e. The molecule has 33 heteroatoms. The molecule has 5 heterocycles. The van der Waals surface area contributed by atoms with E-state index in [-0.39, 0.29) is 25.9 Å². The van der Waals surface area contributed by atoms with Crippen LogP contribution in [0.3, 0.4) is 0 Å². The maximum atomic E-state index is 13.2. The van der Waals surface area contributed by atoms with Crippen LogP contribution in [-0.2, 0) is 23.3 Å². The van der Waals surface area contributed by atoms with Crippen molar-refractivity contribution in [2.75, 3.05) is 73.4 Å². The van der Waals surface area contributed by atoms with Gasteiger partial charge in [0.15, 0.2) is 6.49 Å². The van der Waals surface area contributed by atoms with Gasteiger partial charge in [0.1, 0.15) is 25.1 Å². The molecule has 0 saturated carbocycles. The van der Waals surface area contributed by atoms with Crippen LogP contribution in [0.1, 0.15) is 32.1 Å². The Balaban J connectivity index is 0.000000559. The van der Waals surface area contributed by atoms with Crippen molar-refractivity contribution < 1.29 is 33.5 Å². The SMILES string of the molecule is NCCC(=O)O.NCCSSc1ccccn1.O=C(O)CCNP(=O)(CCCSSc1ccccn1)NCCSSc1ccccn1.O=P(Cl)(CCCSSc1ccccn1)CCCSSc1ccccn1.O=P(Cl)(Cl)Cl. The summed E-state index contributed by atoms with van der Waals surface area (Å²) in [5, 5.41) is 24.5. The maximum Gasteiger partial charge on any atom is 0.339 e. The van der Waals surface area contributed by atoms with Crippen molar-refractivity contribution in [3.8, 4) is 0 Å². The molecule has 428 valence electrons. The van der Waals surface area contributed by atoms with Crippen LogP contribution in [0.2, 0.25) is 0 Å². The van der Waals surface area contributed by atoms with Gasteiger partial charge in [-0.25, -0.2) is 24.9 Å². The molecule has 0 aliphatic carbocycles. The van der Waals surface area contributed by atoms with Crippen molar-refractivity contribution in [3.05, 3.63) is 122 Å². The van der Waals surface area contributed by atoms with Gasteiger partial charge in [-0.15, -0.1) is 0 Å². The molecule has 0 bridgehead atoms. The molecule has 0 aliphatic heterocycles. The number of hydrogen-bond acceptors (Lipinski definition) is 22. The molecule has 77 heavy (non-hydrogen) atoms. The number of carbonyl (C=O) groups is 2. The Hall–Kier alpha value is -0.120. The van der Waals surface area contributed by atoms with E-state index in [4.69, 9.17) is 32.9 Å². The zero-order valence-electron chi connectivity index (χ0n) is 41.3. The summed E-state index contributed by atoms with van der Waals surface area (Å²) in [6.45, 7) is -0.810. The van der Waals surface area contributed by atoms with Gasteiger partial charge in [-0.05, 0) is 168 Å². The smallest absolute Gasteiger partial charge is 0.339 e. The molecule has 0 amide bonds. The summed E-state index contributed by atoms with van der Waals surface area (Å²) >= 11 is 20.1. The predicted molar refractivity (Wildman–Crippen MR) is 346 cm³/mol. The molecule has 1 atom stereocenters. The third-order valence-electron chi connectivity index (χ3n) is 7.87. The molecule has 0 saturated heterocycles. The summed E-state index contributed by atoms with van der Waals surface area (Å²) in [5.41, 5.74) is 10.2. The van der Waals surface area contributed by atoms with Crippen LogP contribution in [0.4, 0.5) is 0 Å². The molecule has 8 N–H and O–H groups in total. The highest BCUT2D eigenvalue weighted by molar-refractivity contribution is 8.77. The second-order valence-corrected chi connectivity index (χ2v) is 39.9. The van der Waals surface area contributed by atoms with Gasteiger partial charge in [0.25, 0.3) is 0 Å². The number of rotatable bonds is 34. The fourth-order valence-corrected chi connectivity index (χ4v) is 19.1. The molecule has 0 aromatic carbocycles. The van der Waals surface area contributed by atoms with E-state index in [1.54, 1.807) is 139 Å². The van der Waals surface area contributed by atoms with Crippen LogP contribution in [0.5, 0.6) is 0 Å². The van der Waals surface area contributed by atoms with Gasteiger partial charge in [-0.1, -0.05) is 95.5 Å². The number of nitrogens with two attached hydrogens (primary N) is 2. The first-order valence-corrected chi connectivity index (χ1v) is 43.7. The van der Waals surface area contributed by atoms with Crippen LogP contribution >= 0.6 is 172 Å². The Morgan fingerprint density at radius 3 is 1.05 bits per heavy atom. The van der Waals surface area contributed by atoms with Gasteiger partial charge in [-0.3, -0.25) is 28.9 Å². The quantitative estimate of drug-likeness (QED) is 0.0127. The largest absolute Gasteiger partial charge is 0.481 e. The lowest BCUT2D eigenvalue weighted by Crippen LogP contribution is -2.28. The zero-order chi connectivity index (χ0) is 56.7. The van der Waals surface area contributed by atoms with Crippen molar-refractivity contribution in [1.29, 1.82) is 0 Å². The number of pyridine rings is 5. The molecule has 5 rings (SSSR count). The molecule has 0 radical (unpaired) electrons. The van der Waals surface area contributed by atoms with Gasteiger partial charge in [0.05, 0.1) is 12.8 Å². The number of hydrogen-bond donors (Lipinski definition) is 6. The van der Waals surface area contributed by atoms with Crippen molar-refractivity contribution in [2.45, 2.75) is 57.2 Å². The number of aliphatic carboxylic acids is 2. The summed E-state index contributed by atoms with van der Waals surface area (Å²) < 4.78 is 35.1. The number of halogens is 4. The van der Waals surface area contributed by atoms with E-state index in [1.165, 1.54) is 0 Å². The lowest BCUT2D eigenvalue weighted by atomic mass is 10.5. The fraction of sp³-hybridized carbons (Fsp3) is 0.386. The first-order valence-electron chi connectivity index (χ1n) is 22.9. The van der Waals surface area contributed by atoms with Gasteiger partial charge < -0.3 is 26.2 Å². The van der Waals surface area contributed by atoms with E-state index >= 15 is 0 Å². The second kappa shape index (κ2) is 49.3. The molecular formula is C44H62Cl4N9O7P3S10. The molecule has 1 unspecified atom stereocenters. The van der Waals surface area contributed by atoms with E-state index < -0.39 is 31.1 Å². The number of nitrogens with zero attached hydrogens (tertiary/aromatic N) is 5. The Morgan fingerprint density at radius 1 is 0.455 bits per heavy atom. The molecule has 0 spiro atoms. The van der Waals surface area contributed by atoms with Crippen LogP contribution in [0.25, 0.3) is 0 Å². The van der Waals surface area contributed by atoms with Gasteiger partial charge >= 0.3 is 17.1 Å². The average Bonchev–Trinajstić information content (AvgIpc) is 3.40. The van der Waals surface area contributed by atoms with Crippen molar-refractivity contribution in [1.82, 2.24) is 35.1 Å². The van der Waals surface area contributed by atoms with Crippen LogP contribution in [0, 0.1) is 0 Å². The van der Waals surface area contributed by atoms with E-state index in [2.05, 4.69) is 68.8 Å². The van der Waals surface area contributed by atoms with E-state index in [0.29, 0.717) is 25.0 Å². The number of carboxylic acids is 2. The summed E-state index contributed by atoms with van der Waals surface area (Å²) in [6.07, 6.45) is 13.1. The minimum atomic E-state index is -3.22. The number of carboxylic acid groups (broad SMARTS) is 2. The lowest BCUT2D eigenvalue weighted by Gasteiger charge is -2.20. The highest BCUT2D eigenvalue weighted by Gasteiger charge is 2.21. The Labute approximate surface area is 511 Å². The van der Waals surface area contributed by atoms with Crippen molar-refractivity contribution in [3.63, 3.8) is 0 Å². The average molecular weight is 1380 g/mol. The monoisotopic (exact) mass is 1380 g/mol. The topological polar surface area (TPSA) is 266 Å². The second-order valence-electron chi connectivity index (χ2n) is 14.2. The molecule has 5 aromatic rings. The summed E-state index contributed by atoms with van der Waals surface area (Å²) in [7, 11) is 13.8. The van der Waals surface area contributed by atoms with Gasteiger partial charge in [0.2, 0.25) is 7.44 Å². The van der Waals surface area contributed by atoms with Crippen molar-refractivity contribution in [2.24, 2.45) is 11.5 Å². The van der Waals surface area contributed by atoms with E-state index in [1.807, 2.05) is 91.0 Å². The fourth-order valence-electron chi connectivity index (χ4n) is 4.67. The Morgan fingerprint density at radius 2 is 0.766 bits per heavy atom. The van der Waals surface area contributed by atoms with Crippen LogP contribution in [-0.4, -0.2) is 121 Å². The molecule has 0 aliphatic rings. The third-order valence-corrected chi connectivity index (χ3v) is 24.9. The normalized spacial score (nSPS) is 11.7. The highest BCUT2D eigenvalue weighted by atomic mass is 36.0. The molecule has 0 fully saturated rings. The van der Waals surface area contributed by atoms with Crippen molar-refractivity contribution >= 4 is 184 Å². The Kier molecular flexibility index (Phi) is 48.0. The minimum absolute atomic E-state index is 0.0553. The van der Waals surface area contributed by atoms with Gasteiger partial charge in [0, 0.05) is 104 Å². The van der Waals surface area contributed by atoms with E-state index in [9.17, 15) is 23.3 Å². The number of aromatic nitrogens is 5. The first kappa shape index (κ1) is 74.9. The zero-order valence-corrected chi connectivity index (χ0v) is 55.2. The van der Waals surface area contributed by atoms with Gasteiger partial charge in [-0.2, -0.15) is 0 Å². The highest BCUT2D eigenvalue weighted by Crippen LogP contribution is 2.61. The number of nitrogens with one attached hydrogen (secondary N) is 2. The summed E-state index contributed by atoms with van der Waals surface area (Å²) in [5.74, 6) is 2.69. The third kappa shape index (κ3) is 50.1. The molecule has 5 aromatic heterocycles.